The lowest BCUT2D eigenvalue weighted by atomic mass is 10.1. The molecule has 0 aromatic carbocycles. The molecule has 0 aromatic heterocycles. The van der Waals surface area contributed by atoms with Crippen LogP contribution >= 0.6 is 0 Å². The van der Waals surface area contributed by atoms with Crippen LogP contribution in [-0.2, 0) is 4.74 Å². The molecule has 0 heterocycles. The third-order valence-electron chi connectivity index (χ3n) is 1.48. The SMILES string of the molecule is CCC(OC)C(N)C(F)(F)F. The molecule has 0 aromatic rings. The van der Waals surface area contributed by atoms with E-state index >= 15 is 0 Å². The van der Waals surface area contributed by atoms with Crippen molar-refractivity contribution < 1.29 is 17.9 Å². The second-order valence-corrected chi connectivity index (χ2v) is 2.25. The fraction of sp³-hybridized carbons (Fsp3) is 1.00. The number of hydrogen-bond donors (Lipinski definition) is 1. The van der Waals surface area contributed by atoms with Gasteiger partial charge >= 0.3 is 6.18 Å². The van der Waals surface area contributed by atoms with Crippen LogP contribution in [0.4, 0.5) is 13.2 Å². The number of halogens is 3. The van der Waals surface area contributed by atoms with Crippen LogP contribution < -0.4 is 5.73 Å². The zero-order valence-corrected chi connectivity index (χ0v) is 6.48. The number of alkyl halides is 3. The second-order valence-electron chi connectivity index (χ2n) is 2.25. The fourth-order valence-corrected chi connectivity index (χ4v) is 0.778. The smallest absolute Gasteiger partial charge is 0.379 e. The van der Waals surface area contributed by atoms with Gasteiger partial charge in [-0.05, 0) is 6.42 Å². The summed E-state index contributed by atoms with van der Waals surface area (Å²) in [7, 11) is 1.22. The lowest BCUT2D eigenvalue weighted by Crippen LogP contribution is -2.47. The average Bonchev–Trinajstić information content (AvgIpc) is 1.88. The molecule has 2 atom stereocenters. The highest BCUT2D eigenvalue weighted by Crippen LogP contribution is 2.22. The summed E-state index contributed by atoms with van der Waals surface area (Å²) >= 11 is 0. The van der Waals surface area contributed by atoms with E-state index in [9.17, 15) is 13.2 Å². The van der Waals surface area contributed by atoms with Crippen LogP contribution in [0.25, 0.3) is 0 Å². The van der Waals surface area contributed by atoms with Gasteiger partial charge in [-0.15, -0.1) is 0 Å². The van der Waals surface area contributed by atoms with Crippen molar-refractivity contribution in [3.05, 3.63) is 0 Å². The number of methoxy groups -OCH3 is 1. The van der Waals surface area contributed by atoms with Gasteiger partial charge in [-0.1, -0.05) is 6.92 Å². The maximum absolute atomic E-state index is 11.9. The van der Waals surface area contributed by atoms with Gasteiger partial charge in [0.05, 0.1) is 6.10 Å². The van der Waals surface area contributed by atoms with E-state index in [-0.39, 0.29) is 6.42 Å². The lowest BCUT2D eigenvalue weighted by Gasteiger charge is -2.23. The van der Waals surface area contributed by atoms with Crippen molar-refractivity contribution in [2.75, 3.05) is 7.11 Å². The van der Waals surface area contributed by atoms with Crippen molar-refractivity contribution in [3.63, 3.8) is 0 Å². The maximum atomic E-state index is 11.9. The minimum atomic E-state index is -4.36. The van der Waals surface area contributed by atoms with E-state index in [4.69, 9.17) is 5.73 Å². The number of rotatable bonds is 3. The molecule has 0 fully saturated rings. The standard InChI is InChI=1S/C6H12F3NO/c1-3-4(11-2)5(10)6(7,8)9/h4-5H,3,10H2,1-2H3. The molecule has 0 saturated heterocycles. The summed E-state index contributed by atoms with van der Waals surface area (Å²) in [5, 5.41) is 0. The Hall–Kier alpha value is -0.290. The number of ether oxygens (including phenoxy) is 1. The first-order valence-corrected chi connectivity index (χ1v) is 3.28. The van der Waals surface area contributed by atoms with Gasteiger partial charge in [0.15, 0.2) is 0 Å². The zero-order chi connectivity index (χ0) is 9.07. The molecular formula is C6H12F3NO. The van der Waals surface area contributed by atoms with E-state index in [0.717, 1.165) is 0 Å². The minimum absolute atomic E-state index is 0.261. The molecule has 2 N–H and O–H groups in total. The van der Waals surface area contributed by atoms with Gasteiger partial charge in [0, 0.05) is 7.11 Å². The highest BCUT2D eigenvalue weighted by Gasteiger charge is 2.41. The van der Waals surface area contributed by atoms with Crippen LogP contribution in [0.15, 0.2) is 0 Å². The molecule has 0 aliphatic heterocycles. The van der Waals surface area contributed by atoms with Crippen LogP contribution in [0, 0.1) is 0 Å². The van der Waals surface area contributed by atoms with E-state index in [1.807, 2.05) is 0 Å². The maximum Gasteiger partial charge on any atom is 0.406 e. The van der Waals surface area contributed by atoms with Crippen molar-refractivity contribution >= 4 is 0 Å². The van der Waals surface area contributed by atoms with E-state index in [2.05, 4.69) is 4.74 Å². The largest absolute Gasteiger partial charge is 0.406 e. The summed E-state index contributed by atoms with van der Waals surface area (Å²) in [6.45, 7) is 1.60. The van der Waals surface area contributed by atoms with Crippen molar-refractivity contribution in [1.29, 1.82) is 0 Å². The number of nitrogens with two attached hydrogens (primary N) is 1. The van der Waals surface area contributed by atoms with Crippen LogP contribution in [-0.4, -0.2) is 25.4 Å². The third kappa shape index (κ3) is 3.07. The van der Waals surface area contributed by atoms with Crippen molar-refractivity contribution in [3.8, 4) is 0 Å². The molecule has 0 rings (SSSR count). The molecule has 0 radical (unpaired) electrons. The van der Waals surface area contributed by atoms with E-state index < -0.39 is 18.3 Å². The normalized spacial score (nSPS) is 18.0. The Bertz CT molecular complexity index is 111. The molecule has 0 amide bonds. The average molecular weight is 171 g/mol. The van der Waals surface area contributed by atoms with Crippen LogP contribution in [0.5, 0.6) is 0 Å². The Labute approximate surface area is 63.5 Å². The summed E-state index contributed by atoms with van der Waals surface area (Å²) in [6.07, 6.45) is -5.04. The minimum Gasteiger partial charge on any atom is -0.379 e. The van der Waals surface area contributed by atoms with Crippen LogP contribution in [0.3, 0.4) is 0 Å². The summed E-state index contributed by atoms with van der Waals surface area (Å²) in [6, 6.07) is -1.88. The zero-order valence-electron chi connectivity index (χ0n) is 6.48. The van der Waals surface area contributed by atoms with Gasteiger partial charge in [0.1, 0.15) is 6.04 Å². The van der Waals surface area contributed by atoms with Crippen LogP contribution in [0.2, 0.25) is 0 Å². The Morgan fingerprint density at radius 3 is 2.00 bits per heavy atom. The molecule has 5 heteroatoms. The van der Waals surface area contributed by atoms with Gasteiger partial charge in [0.2, 0.25) is 0 Å². The van der Waals surface area contributed by atoms with E-state index in [1.54, 1.807) is 6.92 Å². The first-order chi connectivity index (χ1) is 4.93. The molecule has 0 aliphatic rings. The van der Waals surface area contributed by atoms with Gasteiger partial charge < -0.3 is 10.5 Å². The fourth-order valence-electron chi connectivity index (χ4n) is 0.778. The summed E-state index contributed by atoms with van der Waals surface area (Å²) in [5.41, 5.74) is 4.87. The topological polar surface area (TPSA) is 35.2 Å². The first-order valence-electron chi connectivity index (χ1n) is 3.28. The Morgan fingerprint density at radius 1 is 1.45 bits per heavy atom. The molecule has 11 heavy (non-hydrogen) atoms. The number of hydrogen-bond acceptors (Lipinski definition) is 2. The summed E-state index contributed by atoms with van der Waals surface area (Å²) in [4.78, 5) is 0. The molecule has 0 bridgehead atoms. The quantitative estimate of drug-likeness (QED) is 0.694. The highest BCUT2D eigenvalue weighted by molar-refractivity contribution is 4.78. The predicted molar refractivity (Wildman–Crippen MR) is 35.1 cm³/mol. The first kappa shape index (κ1) is 10.7. The van der Waals surface area contributed by atoms with Gasteiger partial charge in [-0.2, -0.15) is 13.2 Å². The molecule has 2 nitrogen and oxygen atoms in total. The van der Waals surface area contributed by atoms with E-state index in [0.29, 0.717) is 0 Å². The molecule has 0 aliphatic carbocycles. The van der Waals surface area contributed by atoms with Crippen molar-refractivity contribution in [1.82, 2.24) is 0 Å². The van der Waals surface area contributed by atoms with Crippen LogP contribution in [0.1, 0.15) is 13.3 Å². The van der Waals surface area contributed by atoms with Crippen molar-refractivity contribution in [2.24, 2.45) is 5.73 Å². The summed E-state index contributed by atoms with van der Waals surface area (Å²) in [5.74, 6) is 0. The van der Waals surface area contributed by atoms with Crippen molar-refractivity contribution in [2.45, 2.75) is 31.7 Å². The predicted octanol–water partition coefficient (Wildman–Crippen LogP) is 1.30. The second kappa shape index (κ2) is 3.92. The molecule has 68 valence electrons. The van der Waals surface area contributed by atoms with E-state index in [1.165, 1.54) is 7.11 Å². The molecule has 2 unspecified atom stereocenters. The summed E-state index contributed by atoms with van der Waals surface area (Å²) < 4.78 is 40.1. The van der Waals surface area contributed by atoms with Gasteiger partial charge in [-0.3, -0.25) is 0 Å². The highest BCUT2D eigenvalue weighted by atomic mass is 19.4. The monoisotopic (exact) mass is 171 g/mol. The Kier molecular flexibility index (Phi) is 3.82. The van der Waals surface area contributed by atoms with Gasteiger partial charge in [0.25, 0.3) is 0 Å². The Balaban J connectivity index is 4.09. The lowest BCUT2D eigenvalue weighted by molar-refractivity contribution is -0.172. The molecule has 0 saturated carbocycles. The molecule has 0 spiro atoms. The Morgan fingerprint density at radius 2 is 1.91 bits per heavy atom. The van der Waals surface area contributed by atoms with Gasteiger partial charge in [-0.25, -0.2) is 0 Å². The molecular weight excluding hydrogens is 159 g/mol. The third-order valence-corrected chi connectivity index (χ3v) is 1.48.